The summed E-state index contributed by atoms with van der Waals surface area (Å²) in [5.41, 5.74) is -1.13. The molecule has 0 aromatic heterocycles. The van der Waals surface area contributed by atoms with E-state index in [9.17, 15) is 14.4 Å². The van der Waals surface area contributed by atoms with Crippen LogP contribution in [-0.4, -0.2) is 59.9 Å². The number of carbonyl (C=O) groups is 3. The Labute approximate surface area is 117 Å². The summed E-state index contributed by atoms with van der Waals surface area (Å²) in [4.78, 5) is 35.5. The van der Waals surface area contributed by atoms with Gasteiger partial charge < -0.3 is 25.4 Å². The SMILES string of the molecule is COC(=O)NC(C)(C)C(=O)N[C@H]1CCCN(C(=O)O)C1. The number of alkyl carbamates (subject to hydrolysis) is 1. The molecule has 8 heteroatoms. The maximum Gasteiger partial charge on any atom is 0.407 e. The van der Waals surface area contributed by atoms with Crippen molar-refractivity contribution < 1.29 is 24.2 Å². The lowest BCUT2D eigenvalue weighted by Crippen LogP contribution is -2.59. The van der Waals surface area contributed by atoms with Crippen LogP contribution in [0.1, 0.15) is 26.7 Å². The van der Waals surface area contributed by atoms with Gasteiger partial charge in [0.15, 0.2) is 0 Å². The number of amides is 3. The van der Waals surface area contributed by atoms with E-state index >= 15 is 0 Å². The highest BCUT2D eigenvalue weighted by Crippen LogP contribution is 2.12. The van der Waals surface area contributed by atoms with Gasteiger partial charge in [-0.2, -0.15) is 0 Å². The molecule has 0 bridgehead atoms. The zero-order chi connectivity index (χ0) is 15.3. The molecule has 0 aliphatic carbocycles. The van der Waals surface area contributed by atoms with E-state index in [0.717, 1.165) is 0 Å². The number of hydrogen-bond donors (Lipinski definition) is 3. The van der Waals surface area contributed by atoms with Crippen LogP contribution < -0.4 is 10.6 Å². The van der Waals surface area contributed by atoms with Crippen molar-refractivity contribution in [2.45, 2.75) is 38.3 Å². The lowest BCUT2D eigenvalue weighted by Gasteiger charge is -2.33. The number of carboxylic acid groups (broad SMARTS) is 1. The second-order valence-electron chi connectivity index (χ2n) is 5.28. The number of ether oxygens (including phenoxy) is 1. The highest BCUT2D eigenvalue weighted by molar-refractivity contribution is 5.89. The van der Waals surface area contributed by atoms with Crippen LogP contribution in [0.5, 0.6) is 0 Å². The van der Waals surface area contributed by atoms with Gasteiger partial charge in [-0.15, -0.1) is 0 Å². The Balaban J connectivity index is 2.56. The molecule has 0 aromatic rings. The van der Waals surface area contributed by atoms with Gasteiger partial charge >= 0.3 is 12.2 Å². The van der Waals surface area contributed by atoms with Crippen molar-refractivity contribution >= 4 is 18.1 Å². The number of likely N-dealkylation sites (tertiary alicyclic amines) is 1. The topological polar surface area (TPSA) is 108 Å². The molecule has 20 heavy (non-hydrogen) atoms. The van der Waals surface area contributed by atoms with Crippen molar-refractivity contribution in [2.24, 2.45) is 0 Å². The van der Waals surface area contributed by atoms with Crippen LogP contribution in [0.3, 0.4) is 0 Å². The van der Waals surface area contributed by atoms with E-state index in [4.69, 9.17) is 5.11 Å². The zero-order valence-corrected chi connectivity index (χ0v) is 11.9. The van der Waals surface area contributed by atoms with Crippen molar-refractivity contribution in [3.05, 3.63) is 0 Å². The van der Waals surface area contributed by atoms with Crippen LogP contribution in [0, 0.1) is 0 Å². The van der Waals surface area contributed by atoms with E-state index in [1.165, 1.54) is 12.0 Å². The quantitative estimate of drug-likeness (QED) is 0.695. The number of piperidine rings is 1. The molecule has 1 aliphatic rings. The van der Waals surface area contributed by atoms with Gasteiger partial charge in [0.1, 0.15) is 5.54 Å². The summed E-state index contributed by atoms with van der Waals surface area (Å²) in [6.45, 7) is 3.84. The van der Waals surface area contributed by atoms with E-state index in [2.05, 4.69) is 15.4 Å². The van der Waals surface area contributed by atoms with Crippen LogP contribution >= 0.6 is 0 Å². The maximum atomic E-state index is 12.1. The first kappa shape index (κ1) is 16.1. The Morgan fingerprint density at radius 3 is 2.55 bits per heavy atom. The van der Waals surface area contributed by atoms with Crippen molar-refractivity contribution in [1.82, 2.24) is 15.5 Å². The average molecular weight is 287 g/mol. The van der Waals surface area contributed by atoms with Crippen molar-refractivity contribution in [2.75, 3.05) is 20.2 Å². The van der Waals surface area contributed by atoms with Gasteiger partial charge in [-0.25, -0.2) is 9.59 Å². The monoisotopic (exact) mass is 287 g/mol. The Bertz CT molecular complexity index is 397. The van der Waals surface area contributed by atoms with Gasteiger partial charge in [0, 0.05) is 19.1 Å². The largest absolute Gasteiger partial charge is 0.465 e. The fraction of sp³-hybridized carbons (Fsp3) is 0.750. The number of nitrogens with one attached hydrogen (secondary N) is 2. The summed E-state index contributed by atoms with van der Waals surface area (Å²) in [5.74, 6) is -0.375. The first-order valence-corrected chi connectivity index (χ1v) is 6.41. The molecule has 1 rings (SSSR count). The third-order valence-corrected chi connectivity index (χ3v) is 3.19. The minimum Gasteiger partial charge on any atom is -0.465 e. The molecular weight excluding hydrogens is 266 g/mol. The van der Waals surface area contributed by atoms with E-state index in [1.807, 2.05) is 0 Å². The number of rotatable bonds is 3. The van der Waals surface area contributed by atoms with Crippen LogP contribution in [0.2, 0.25) is 0 Å². The Kier molecular flexibility index (Phi) is 5.18. The van der Waals surface area contributed by atoms with E-state index in [-0.39, 0.29) is 18.5 Å². The van der Waals surface area contributed by atoms with Crippen LogP contribution in [0.25, 0.3) is 0 Å². The van der Waals surface area contributed by atoms with E-state index in [0.29, 0.717) is 19.4 Å². The fourth-order valence-electron chi connectivity index (χ4n) is 2.00. The zero-order valence-electron chi connectivity index (χ0n) is 11.9. The third-order valence-electron chi connectivity index (χ3n) is 3.19. The van der Waals surface area contributed by atoms with Crippen molar-refractivity contribution in [1.29, 1.82) is 0 Å². The molecule has 1 aliphatic heterocycles. The summed E-state index contributed by atoms with van der Waals surface area (Å²) in [5, 5.41) is 14.1. The Hall–Kier alpha value is -1.99. The van der Waals surface area contributed by atoms with Gasteiger partial charge in [-0.05, 0) is 26.7 Å². The van der Waals surface area contributed by atoms with Crippen molar-refractivity contribution in [3.8, 4) is 0 Å². The predicted molar refractivity (Wildman–Crippen MR) is 70.4 cm³/mol. The molecule has 8 nitrogen and oxygen atoms in total. The molecule has 1 fully saturated rings. The van der Waals surface area contributed by atoms with Crippen molar-refractivity contribution in [3.63, 3.8) is 0 Å². The summed E-state index contributed by atoms with van der Waals surface area (Å²) in [6, 6.07) is -0.244. The summed E-state index contributed by atoms with van der Waals surface area (Å²) >= 11 is 0. The summed E-state index contributed by atoms with van der Waals surface area (Å²) < 4.78 is 4.46. The van der Waals surface area contributed by atoms with E-state index < -0.39 is 17.7 Å². The Morgan fingerprint density at radius 2 is 2.00 bits per heavy atom. The third kappa shape index (κ3) is 4.29. The smallest absolute Gasteiger partial charge is 0.407 e. The molecular formula is C12H21N3O5. The molecule has 0 saturated carbocycles. The highest BCUT2D eigenvalue weighted by atomic mass is 16.5. The summed E-state index contributed by atoms with van der Waals surface area (Å²) in [6.07, 6.45) is -0.275. The van der Waals surface area contributed by atoms with Crippen LogP contribution in [-0.2, 0) is 9.53 Å². The van der Waals surface area contributed by atoms with Gasteiger partial charge in [0.2, 0.25) is 5.91 Å². The number of carbonyl (C=O) groups excluding carboxylic acids is 2. The minimum absolute atomic E-state index is 0.244. The molecule has 0 aromatic carbocycles. The molecule has 3 N–H and O–H groups in total. The lowest BCUT2D eigenvalue weighted by atomic mass is 10.0. The molecule has 1 atom stereocenters. The van der Waals surface area contributed by atoms with Gasteiger partial charge in [0.25, 0.3) is 0 Å². The maximum absolute atomic E-state index is 12.1. The molecule has 0 unspecified atom stereocenters. The molecule has 0 radical (unpaired) electrons. The standard InChI is InChI=1S/C12H21N3O5/c1-12(2,14-10(17)20-3)9(16)13-8-5-4-6-15(7-8)11(18)19/h8H,4-7H2,1-3H3,(H,13,16)(H,14,17)(H,18,19)/t8-/m0/s1. The highest BCUT2D eigenvalue weighted by Gasteiger charge is 2.33. The normalized spacial score (nSPS) is 19.1. The van der Waals surface area contributed by atoms with Gasteiger partial charge in [-0.1, -0.05) is 0 Å². The number of nitrogens with zero attached hydrogens (tertiary/aromatic N) is 1. The van der Waals surface area contributed by atoms with Crippen LogP contribution in [0.15, 0.2) is 0 Å². The first-order valence-electron chi connectivity index (χ1n) is 6.41. The predicted octanol–water partition coefficient (Wildman–Crippen LogP) is 0.380. The minimum atomic E-state index is -1.13. The lowest BCUT2D eigenvalue weighted by molar-refractivity contribution is -0.127. The fourth-order valence-corrected chi connectivity index (χ4v) is 2.00. The first-order chi connectivity index (χ1) is 9.26. The molecule has 1 heterocycles. The molecule has 0 spiro atoms. The van der Waals surface area contributed by atoms with Gasteiger partial charge in [0.05, 0.1) is 7.11 Å². The second kappa shape index (κ2) is 6.44. The van der Waals surface area contributed by atoms with E-state index in [1.54, 1.807) is 13.8 Å². The Morgan fingerprint density at radius 1 is 1.35 bits per heavy atom. The number of hydrogen-bond acceptors (Lipinski definition) is 4. The summed E-state index contributed by atoms with van der Waals surface area (Å²) in [7, 11) is 1.22. The molecule has 1 saturated heterocycles. The average Bonchev–Trinajstić information content (AvgIpc) is 2.38. The van der Waals surface area contributed by atoms with Gasteiger partial charge in [-0.3, -0.25) is 4.79 Å². The molecule has 3 amide bonds. The second-order valence-corrected chi connectivity index (χ2v) is 5.28. The number of methoxy groups -OCH3 is 1. The van der Waals surface area contributed by atoms with Crippen LogP contribution in [0.4, 0.5) is 9.59 Å². The molecule has 114 valence electrons.